The second-order valence-corrected chi connectivity index (χ2v) is 42.4. The molecule has 4 unspecified atom stereocenters. The minimum Gasteiger partial charge on any atom is -0.331 e. The topological polar surface area (TPSA) is 134 Å². The second-order valence-electron chi connectivity index (χ2n) is 39.2. The van der Waals surface area contributed by atoms with Crippen LogP contribution in [0.1, 0.15) is 53.7 Å². The number of thiophene rings is 3. The van der Waals surface area contributed by atoms with Crippen molar-refractivity contribution in [2.45, 2.75) is 43.8 Å². The maximum atomic E-state index is 5.51. The van der Waals surface area contributed by atoms with Gasteiger partial charge in [0.05, 0.1) is 61.8 Å². The fraction of sp³-hybridized carbons (Fsp3) is 0.0602. The van der Waals surface area contributed by atoms with E-state index in [-0.39, 0.29) is 29.5 Å². The normalized spacial score (nSPS) is 15.5. The van der Waals surface area contributed by atoms with Crippen molar-refractivity contribution in [3.05, 3.63) is 507 Å². The summed E-state index contributed by atoms with van der Waals surface area (Å²) in [7, 11) is 0. The van der Waals surface area contributed by atoms with E-state index in [1.165, 1.54) is 128 Å². The summed E-state index contributed by atoms with van der Waals surface area (Å²) < 4.78 is 6.14. The van der Waals surface area contributed by atoms with E-state index in [1.807, 2.05) is 119 Å². The molecule has 710 valence electrons. The molecule has 0 saturated carbocycles. The van der Waals surface area contributed by atoms with Crippen LogP contribution in [0.15, 0.2) is 479 Å². The van der Waals surface area contributed by atoms with Gasteiger partial charge in [-0.1, -0.05) is 420 Å². The molecule has 18 aromatic carbocycles. The lowest BCUT2D eigenvalue weighted by molar-refractivity contribution is 0.358. The number of para-hydroxylation sites is 5. The van der Waals surface area contributed by atoms with Crippen LogP contribution < -0.4 is 19.6 Å². The fourth-order valence-electron chi connectivity index (χ4n) is 24.1. The quantitative estimate of drug-likeness (QED) is 0.122. The molecular formula is C133H90N14S3. The van der Waals surface area contributed by atoms with Gasteiger partial charge in [0.15, 0.2) is 34.9 Å². The van der Waals surface area contributed by atoms with Gasteiger partial charge in [0.2, 0.25) is 17.8 Å². The summed E-state index contributed by atoms with van der Waals surface area (Å²) in [5, 5.41) is 7.23. The van der Waals surface area contributed by atoms with Gasteiger partial charge in [0.25, 0.3) is 0 Å². The lowest BCUT2D eigenvalue weighted by atomic mass is 9.71. The van der Waals surface area contributed by atoms with Gasteiger partial charge in [-0.15, -0.1) is 34.0 Å². The first-order valence-corrected chi connectivity index (χ1v) is 53.4. The minimum atomic E-state index is -0.176. The first kappa shape index (κ1) is 88.1. The zero-order valence-electron chi connectivity index (χ0n) is 81.5. The van der Waals surface area contributed by atoms with Crippen molar-refractivity contribution in [2.24, 2.45) is 5.92 Å². The van der Waals surface area contributed by atoms with E-state index in [0.29, 0.717) is 52.8 Å². The highest BCUT2D eigenvalue weighted by Gasteiger charge is 2.60. The van der Waals surface area contributed by atoms with Crippen molar-refractivity contribution in [1.29, 1.82) is 0 Å². The lowest BCUT2D eigenvalue weighted by Crippen LogP contribution is -2.43. The summed E-state index contributed by atoms with van der Waals surface area (Å²) in [6.07, 6.45) is 0.912. The van der Waals surface area contributed by atoms with Crippen LogP contribution in [0.5, 0.6) is 0 Å². The SMILES string of the molecule is CC1(C)c2ccccc2C2C1C1=C(Cc3ccccc31)C1C(c3ccccc3N1c1ccccc1)N2c1nc(-c2ccccc2)nc(-c2ccccc2)n1.c1ccc(-c2nc(-c3ccccc3)nc(N3c4ccc5ccccc5c4-c4sc5ccccc5c4-c4sc5ccccc5c43)n2)cc1.c1ccc(-c2nc(-c3ccccc3)nc(N3c4ccccc4-c4c(c5ccccc5n4-c4ccccc4)-c4sc5ccccc5c43)n2)cc1. The van der Waals surface area contributed by atoms with Crippen molar-refractivity contribution in [3.63, 3.8) is 0 Å². The molecule has 0 radical (unpaired) electrons. The van der Waals surface area contributed by atoms with Gasteiger partial charge in [-0.25, -0.2) is 15.0 Å². The van der Waals surface area contributed by atoms with E-state index in [1.54, 1.807) is 0 Å². The van der Waals surface area contributed by atoms with Crippen LogP contribution in [-0.4, -0.2) is 55.5 Å². The van der Waals surface area contributed by atoms with Crippen molar-refractivity contribution in [2.75, 3.05) is 19.6 Å². The lowest BCUT2D eigenvalue weighted by Gasteiger charge is -2.41. The summed E-state index contributed by atoms with van der Waals surface area (Å²) in [5.74, 6) is 5.92. The van der Waals surface area contributed by atoms with Gasteiger partial charge < -0.3 is 14.4 Å². The molecule has 6 aliphatic rings. The first-order valence-electron chi connectivity index (χ1n) is 50.9. The molecular weight excluding hydrogens is 1890 g/mol. The van der Waals surface area contributed by atoms with Gasteiger partial charge >= 0.3 is 0 Å². The van der Waals surface area contributed by atoms with Gasteiger partial charge in [0, 0.05) is 125 Å². The summed E-state index contributed by atoms with van der Waals surface area (Å²) in [6.45, 7) is 4.92. The summed E-state index contributed by atoms with van der Waals surface area (Å²) in [6, 6.07) is 167. The van der Waals surface area contributed by atoms with E-state index in [4.69, 9.17) is 44.9 Å². The molecule has 0 spiro atoms. The third kappa shape index (κ3) is 14.4. The first-order chi connectivity index (χ1) is 74.2. The molecule has 17 heteroatoms. The number of anilines is 9. The van der Waals surface area contributed by atoms with Crippen LogP contribution in [0, 0.1) is 5.92 Å². The van der Waals surface area contributed by atoms with E-state index in [0.717, 1.165) is 84.9 Å². The third-order valence-corrected chi connectivity index (χ3v) is 34.0. The molecule has 31 rings (SSSR count). The number of hydrogen-bond donors (Lipinski definition) is 0. The molecule has 25 aromatic rings. The second kappa shape index (κ2) is 36.1. The molecule has 11 heterocycles. The predicted molar refractivity (Wildman–Crippen MR) is 618 cm³/mol. The smallest absolute Gasteiger partial charge is 0.238 e. The zero-order chi connectivity index (χ0) is 99.2. The monoisotopic (exact) mass is 1980 g/mol. The molecule has 7 aromatic heterocycles. The number of nitrogens with zero attached hydrogens (tertiary/aromatic N) is 14. The van der Waals surface area contributed by atoms with Crippen molar-refractivity contribution >= 4 is 143 Å². The Morgan fingerprint density at radius 1 is 0.273 bits per heavy atom. The molecule has 4 atom stereocenters. The Labute approximate surface area is 878 Å². The van der Waals surface area contributed by atoms with Crippen LogP contribution in [0.4, 0.5) is 52.0 Å². The van der Waals surface area contributed by atoms with Gasteiger partial charge in [-0.05, 0) is 123 Å². The Bertz CT molecular complexity index is 9490. The molecule has 0 amide bonds. The van der Waals surface area contributed by atoms with Crippen LogP contribution in [-0.2, 0) is 11.8 Å². The highest BCUT2D eigenvalue weighted by Crippen LogP contribution is 2.68. The molecule has 0 bridgehead atoms. The number of fused-ring (bicyclic) bond motifs is 30. The van der Waals surface area contributed by atoms with Crippen LogP contribution in [0.2, 0.25) is 0 Å². The number of aromatic nitrogens is 10. The fourth-order valence-corrected chi connectivity index (χ4v) is 28.0. The highest BCUT2D eigenvalue weighted by molar-refractivity contribution is 7.26. The van der Waals surface area contributed by atoms with Crippen molar-refractivity contribution in [1.82, 2.24) is 49.4 Å². The number of rotatable bonds is 11. The molecule has 4 aliphatic heterocycles. The predicted octanol–water partition coefficient (Wildman–Crippen LogP) is 34.3. The van der Waals surface area contributed by atoms with Crippen LogP contribution in [0.25, 0.3) is 174 Å². The minimum absolute atomic E-state index is 0.00196. The molecule has 2 aliphatic carbocycles. The van der Waals surface area contributed by atoms with Crippen molar-refractivity contribution in [3.8, 4) is 117 Å². The summed E-state index contributed by atoms with van der Waals surface area (Å²) >= 11 is 5.54. The van der Waals surface area contributed by atoms with Gasteiger partial charge in [-0.2, -0.15) is 29.9 Å². The van der Waals surface area contributed by atoms with E-state index in [9.17, 15) is 0 Å². The van der Waals surface area contributed by atoms with E-state index in [2.05, 4.69) is 426 Å². The standard InChI is InChI=1S/C49H39N5.C43H27N5S.C41H24N4S2/c1-49(2)39-28-16-14-26-36(39)43-42(49)41-35-25-13-12-22-33(35)30-38(41)45-44(37-27-15-17-29-40(37)53(45)34-23-10-5-11-24-34)54(43)48-51-46(31-18-6-3-7-19-31)50-47(52-48)32-20-8-4-9-21-32;1-4-16-28(17-5-1)41-44-42(29-18-6-2-7-19-29)46-43(45-41)48-35-26-14-11-23-32(35)38-37(40-39(48)33-24-12-15-27-36(33)49-40)31-22-10-13-25-34(31)47(38)30-20-8-3-9-21-30;1-3-14-26(15-4-1)39-42-40(27-16-5-2-6-17-27)44-41(43-39)45-31-24-23-25-13-7-8-18-28(25)34(31)37-35(29-19-9-11-21-32(29)46-37)38-36(45)30-20-10-12-22-33(30)47-38/h3-29,42-45H,30H2,1-2H3;1-27H;1-24H. The zero-order valence-corrected chi connectivity index (χ0v) is 84.0. The summed E-state index contributed by atoms with van der Waals surface area (Å²) in [5.41, 5.74) is 30.3. The Morgan fingerprint density at radius 3 is 1.21 bits per heavy atom. The molecule has 0 saturated heterocycles. The highest BCUT2D eigenvalue weighted by atomic mass is 32.1. The van der Waals surface area contributed by atoms with Crippen LogP contribution >= 0.6 is 34.0 Å². The number of hydrogen-bond acceptors (Lipinski definition) is 16. The van der Waals surface area contributed by atoms with E-state index >= 15 is 0 Å². The largest absolute Gasteiger partial charge is 0.331 e. The third-order valence-electron chi connectivity index (χ3n) is 30.5. The molecule has 150 heavy (non-hydrogen) atoms. The Morgan fingerprint density at radius 2 is 0.667 bits per heavy atom. The maximum absolute atomic E-state index is 5.51. The van der Waals surface area contributed by atoms with Gasteiger partial charge in [0.1, 0.15) is 0 Å². The Kier molecular flexibility index (Phi) is 21.2. The van der Waals surface area contributed by atoms with E-state index < -0.39 is 0 Å². The average molecular weight is 1980 g/mol. The Hall–Kier alpha value is -18.4. The average Bonchev–Trinajstić information content (AvgIpc) is 1.52. The molecule has 0 N–H and O–H groups in total. The molecule has 14 nitrogen and oxygen atoms in total. The molecule has 0 fully saturated rings. The van der Waals surface area contributed by atoms with Crippen molar-refractivity contribution < 1.29 is 0 Å². The number of benzene rings is 18. The summed E-state index contributed by atoms with van der Waals surface area (Å²) in [4.78, 5) is 60.8. The van der Waals surface area contributed by atoms with Gasteiger partial charge in [-0.3, -0.25) is 9.80 Å². The Balaban J connectivity index is 0.000000106. The maximum Gasteiger partial charge on any atom is 0.238 e. The van der Waals surface area contributed by atoms with Crippen LogP contribution in [0.3, 0.4) is 0 Å².